The Morgan fingerprint density at radius 3 is 2.88 bits per heavy atom. The summed E-state index contributed by atoms with van der Waals surface area (Å²) < 4.78 is 5.58. The van der Waals surface area contributed by atoms with Gasteiger partial charge in [-0.15, -0.1) is 0 Å². The van der Waals surface area contributed by atoms with Crippen molar-refractivity contribution >= 4 is 39.4 Å². The number of anilines is 2. The molecule has 6 nitrogen and oxygen atoms in total. The molecule has 0 aliphatic rings. The molecule has 2 amide bonds. The zero-order valence-corrected chi connectivity index (χ0v) is 12.9. The van der Waals surface area contributed by atoms with Crippen molar-refractivity contribution in [3.05, 3.63) is 60.6 Å². The molecule has 0 aliphatic heterocycles. The molecule has 2 N–H and O–H groups in total. The van der Waals surface area contributed by atoms with Gasteiger partial charge in [-0.05, 0) is 43.3 Å². The lowest BCUT2D eigenvalue weighted by atomic mass is 10.2. The monoisotopic (exact) mass is 318 g/mol. The molecule has 4 rings (SSSR count). The molecule has 3 aromatic heterocycles. The zero-order valence-electron chi connectivity index (χ0n) is 12.9. The number of pyridine rings is 2. The van der Waals surface area contributed by atoms with Crippen LogP contribution in [-0.2, 0) is 0 Å². The molecule has 4 aromatic rings. The molecule has 0 aliphatic carbocycles. The van der Waals surface area contributed by atoms with Crippen LogP contribution in [0.15, 0.2) is 59.3 Å². The van der Waals surface area contributed by atoms with E-state index in [1.807, 2.05) is 31.2 Å². The van der Waals surface area contributed by atoms with Gasteiger partial charge < -0.3 is 15.1 Å². The number of benzene rings is 1. The van der Waals surface area contributed by atoms with E-state index in [0.717, 1.165) is 22.2 Å². The Kier molecular flexibility index (Phi) is 3.35. The third-order valence-electron chi connectivity index (χ3n) is 3.65. The van der Waals surface area contributed by atoms with Crippen molar-refractivity contribution in [2.45, 2.75) is 6.92 Å². The van der Waals surface area contributed by atoms with Gasteiger partial charge in [0, 0.05) is 29.5 Å². The van der Waals surface area contributed by atoms with Crippen molar-refractivity contribution in [1.82, 2.24) is 9.97 Å². The van der Waals surface area contributed by atoms with Crippen molar-refractivity contribution < 1.29 is 9.21 Å². The number of aromatic nitrogens is 2. The fraction of sp³-hybridized carbons (Fsp3) is 0.0556. The van der Waals surface area contributed by atoms with E-state index in [9.17, 15) is 4.79 Å². The molecule has 0 saturated heterocycles. The summed E-state index contributed by atoms with van der Waals surface area (Å²) in [6.45, 7) is 1.89. The fourth-order valence-corrected chi connectivity index (χ4v) is 2.61. The number of carbonyl (C=O) groups excluding carboxylic acids is 1. The fourth-order valence-electron chi connectivity index (χ4n) is 2.61. The zero-order chi connectivity index (χ0) is 16.5. The Morgan fingerprint density at radius 1 is 1.04 bits per heavy atom. The van der Waals surface area contributed by atoms with Crippen molar-refractivity contribution in [1.29, 1.82) is 0 Å². The van der Waals surface area contributed by atoms with E-state index in [0.29, 0.717) is 16.9 Å². The van der Waals surface area contributed by atoms with Gasteiger partial charge in [-0.3, -0.25) is 9.97 Å². The predicted molar refractivity (Wildman–Crippen MR) is 93.1 cm³/mol. The largest absolute Gasteiger partial charge is 0.461 e. The van der Waals surface area contributed by atoms with Crippen LogP contribution in [0.25, 0.3) is 22.0 Å². The van der Waals surface area contributed by atoms with Crippen molar-refractivity contribution in [2.75, 3.05) is 10.6 Å². The normalized spacial score (nSPS) is 10.9. The standard InChI is InChI=1S/C18H14N4O2/c1-11-9-12-4-5-13(10-16(12)24-11)21-18(23)22-15-6-8-19-14-3-2-7-20-17(14)15/h2-10H,1H3,(H2,19,21,22,23). The van der Waals surface area contributed by atoms with Crippen molar-refractivity contribution in [2.24, 2.45) is 0 Å². The lowest BCUT2D eigenvalue weighted by Crippen LogP contribution is -2.19. The van der Waals surface area contributed by atoms with Gasteiger partial charge in [0.15, 0.2) is 0 Å². The highest BCUT2D eigenvalue weighted by atomic mass is 16.3. The Bertz CT molecular complexity index is 1050. The number of rotatable bonds is 2. The molecule has 0 saturated carbocycles. The topological polar surface area (TPSA) is 80.0 Å². The number of aryl methyl sites for hydroxylation is 1. The molecule has 0 atom stereocenters. The van der Waals surface area contributed by atoms with Crippen LogP contribution in [0, 0.1) is 6.92 Å². The maximum absolute atomic E-state index is 12.3. The lowest BCUT2D eigenvalue weighted by Gasteiger charge is -2.09. The number of carbonyl (C=O) groups is 1. The van der Waals surface area contributed by atoms with Crippen molar-refractivity contribution in [3.8, 4) is 0 Å². The van der Waals surface area contributed by atoms with Gasteiger partial charge in [0.1, 0.15) is 16.9 Å². The van der Waals surface area contributed by atoms with Crippen LogP contribution in [0.4, 0.5) is 16.2 Å². The van der Waals surface area contributed by atoms with Gasteiger partial charge in [0.25, 0.3) is 0 Å². The molecule has 0 unspecified atom stereocenters. The van der Waals surface area contributed by atoms with Crippen LogP contribution in [0.5, 0.6) is 0 Å². The number of nitrogens with one attached hydrogen (secondary N) is 2. The first-order valence-electron chi connectivity index (χ1n) is 7.47. The molecule has 1 aromatic carbocycles. The van der Waals surface area contributed by atoms with E-state index in [2.05, 4.69) is 20.6 Å². The summed E-state index contributed by atoms with van der Waals surface area (Å²) in [5.41, 5.74) is 3.37. The van der Waals surface area contributed by atoms with Crippen LogP contribution >= 0.6 is 0 Å². The Labute approximate surface area is 137 Å². The molecule has 0 spiro atoms. The van der Waals surface area contributed by atoms with Gasteiger partial charge in [0.2, 0.25) is 0 Å². The Balaban J connectivity index is 1.56. The third-order valence-corrected chi connectivity index (χ3v) is 3.65. The number of hydrogen-bond acceptors (Lipinski definition) is 4. The van der Waals surface area contributed by atoms with Gasteiger partial charge in [0.05, 0.1) is 11.2 Å². The van der Waals surface area contributed by atoms with Crippen LogP contribution in [-0.4, -0.2) is 16.0 Å². The number of amides is 2. The Hall–Kier alpha value is -3.41. The highest BCUT2D eigenvalue weighted by Crippen LogP contribution is 2.23. The van der Waals surface area contributed by atoms with Gasteiger partial charge in [-0.1, -0.05) is 0 Å². The average molecular weight is 318 g/mol. The average Bonchev–Trinajstić information content (AvgIpc) is 2.94. The molecule has 6 heteroatoms. The second kappa shape index (κ2) is 5.66. The maximum Gasteiger partial charge on any atom is 0.323 e. The predicted octanol–water partition coefficient (Wildman–Crippen LogP) is 4.33. The summed E-state index contributed by atoms with van der Waals surface area (Å²) in [5, 5.41) is 6.60. The number of nitrogens with zero attached hydrogens (tertiary/aromatic N) is 2. The van der Waals surface area contributed by atoms with E-state index in [1.165, 1.54) is 0 Å². The van der Waals surface area contributed by atoms with Gasteiger partial charge in [-0.25, -0.2) is 4.79 Å². The SMILES string of the molecule is Cc1cc2ccc(NC(=O)Nc3ccnc4cccnc34)cc2o1. The first-order chi connectivity index (χ1) is 11.7. The van der Waals surface area contributed by atoms with Crippen molar-refractivity contribution in [3.63, 3.8) is 0 Å². The van der Waals surface area contributed by atoms with Crippen LogP contribution in [0.1, 0.15) is 5.76 Å². The lowest BCUT2D eigenvalue weighted by molar-refractivity contribution is 0.262. The summed E-state index contributed by atoms with van der Waals surface area (Å²) in [5.74, 6) is 0.834. The summed E-state index contributed by atoms with van der Waals surface area (Å²) in [6, 6.07) is 12.5. The molecule has 3 heterocycles. The number of hydrogen-bond donors (Lipinski definition) is 2. The first kappa shape index (κ1) is 14.2. The molecule has 0 fully saturated rings. The van der Waals surface area contributed by atoms with E-state index >= 15 is 0 Å². The second-order valence-electron chi connectivity index (χ2n) is 5.42. The highest BCUT2D eigenvalue weighted by molar-refractivity contribution is 6.04. The molecule has 0 bridgehead atoms. The third kappa shape index (κ3) is 2.65. The molecular formula is C18H14N4O2. The summed E-state index contributed by atoms with van der Waals surface area (Å²) in [6.07, 6.45) is 3.30. The smallest absolute Gasteiger partial charge is 0.323 e. The van der Waals surface area contributed by atoms with E-state index in [4.69, 9.17) is 4.42 Å². The summed E-state index contributed by atoms with van der Waals surface area (Å²) >= 11 is 0. The van der Waals surface area contributed by atoms with E-state index < -0.39 is 0 Å². The van der Waals surface area contributed by atoms with E-state index in [1.54, 1.807) is 30.6 Å². The number of fused-ring (bicyclic) bond motifs is 2. The van der Waals surface area contributed by atoms with E-state index in [-0.39, 0.29) is 6.03 Å². The minimum absolute atomic E-state index is 0.351. The maximum atomic E-state index is 12.3. The number of urea groups is 1. The minimum Gasteiger partial charge on any atom is -0.461 e. The van der Waals surface area contributed by atoms with Crippen LogP contribution in [0.3, 0.4) is 0 Å². The molecule has 118 valence electrons. The quantitative estimate of drug-likeness (QED) is 0.576. The number of furan rings is 1. The van der Waals surface area contributed by atoms with Gasteiger partial charge in [-0.2, -0.15) is 0 Å². The molecular weight excluding hydrogens is 304 g/mol. The highest BCUT2D eigenvalue weighted by Gasteiger charge is 2.08. The summed E-state index contributed by atoms with van der Waals surface area (Å²) in [7, 11) is 0. The van der Waals surface area contributed by atoms with Crippen LogP contribution < -0.4 is 10.6 Å². The first-order valence-corrected chi connectivity index (χ1v) is 7.47. The molecule has 0 radical (unpaired) electrons. The second-order valence-corrected chi connectivity index (χ2v) is 5.42. The minimum atomic E-state index is -0.351. The Morgan fingerprint density at radius 2 is 1.96 bits per heavy atom. The van der Waals surface area contributed by atoms with Gasteiger partial charge >= 0.3 is 6.03 Å². The van der Waals surface area contributed by atoms with Crippen LogP contribution in [0.2, 0.25) is 0 Å². The molecule has 24 heavy (non-hydrogen) atoms. The summed E-state index contributed by atoms with van der Waals surface area (Å²) in [4.78, 5) is 20.8.